The van der Waals surface area contributed by atoms with Gasteiger partial charge in [-0.3, -0.25) is 4.79 Å². The van der Waals surface area contributed by atoms with Gasteiger partial charge in [-0.25, -0.2) is 4.79 Å². The van der Waals surface area contributed by atoms with Gasteiger partial charge in [0, 0.05) is 6.07 Å². The summed E-state index contributed by atoms with van der Waals surface area (Å²) in [6.07, 6.45) is -3.34. The second-order valence-electron chi connectivity index (χ2n) is 4.50. The molecule has 0 fully saturated rings. The number of halogens is 3. The summed E-state index contributed by atoms with van der Waals surface area (Å²) < 4.78 is 52.3. The van der Waals surface area contributed by atoms with Crippen LogP contribution in [0.4, 0.5) is 13.2 Å². The first-order valence-electron chi connectivity index (χ1n) is 6.56. The van der Waals surface area contributed by atoms with Gasteiger partial charge in [0.2, 0.25) is 0 Å². The Morgan fingerprint density at radius 2 is 1.62 bits per heavy atom. The molecule has 6 nitrogen and oxygen atoms in total. The first-order valence-corrected chi connectivity index (χ1v) is 6.56. The van der Waals surface area contributed by atoms with Crippen LogP contribution in [0.25, 0.3) is 0 Å². The van der Waals surface area contributed by atoms with Crippen molar-refractivity contribution in [2.75, 3.05) is 13.2 Å². The molecular weight excluding hydrogens is 333 g/mol. The topological polar surface area (TPSA) is 86.0 Å². The molecule has 0 saturated heterocycles. The summed E-state index contributed by atoms with van der Waals surface area (Å²) in [5, 5.41) is 8.51. The van der Waals surface area contributed by atoms with Gasteiger partial charge >= 0.3 is 17.9 Å². The molecule has 0 spiro atoms. The maximum Gasteiger partial charge on any atom is 0.416 e. The van der Waals surface area contributed by atoms with Crippen LogP contribution in [-0.4, -0.2) is 30.1 Å². The number of ether oxygens (including phenoxy) is 2. The molecule has 0 saturated carbocycles. The number of furan rings is 1. The van der Waals surface area contributed by atoms with E-state index in [9.17, 15) is 22.8 Å². The number of carboxylic acid groups (broad SMARTS) is 1. The molecule has 0 atom stereocenters. The molecule has 9 heteroatoms. The molecule has 0 unspecified atom stereocenters. The Balaban J connectivity index is 1.79. The lowest BCUT2D eigenvalue weighted by atomic mass is 10.2. The standard InChI is InChI=1S/C15H11F3O6/c16-15(17,18)9-1-3-10(4-2-9)22-5-6-23-11-7-12(24-8-11)13(19)14(20)21/h1-4,7-8H,5-6H2,(H,20,21). The Morgan fingerprint density at radius 3 is 2.17 bits per heavy atom. The largest absolute Gasteiger partial charge is 0.490 e. The molecule has 1 aromatic heterocycles. The van der Waals surface area contributed by atoms with E-state index in [1.165, 1.54) is 12.1 Å². The molecule has 24 heavy (non-hydrogen) atoms. The van der Waals surface area contributed by atoms with E-state index >= 15 is 0 Å². The molecule has 0 aliphatic heterocycles. The summed E-state index contributed by atoms with van der Waals surface area (Å²) in [5.41, 5.74) is -0.778. The van der Waals surface area contributed by atoms with Gasteiger partial charge < -0.3 is 19.0 Å². The highest BCUT2D eigenvalue weighted by Crippen LogP contribution is 2.30. The number of carbonyl (C=O) groups is 2. The van der Waals surface area contributed by atoms with E-state index in [2.05, 4.69) is 0 Å². The van der Waals surface area contributed by atoms with Crippen LogP contribution in [0.1, 0.15) is 16.1 Å². The average Bonchev–Trinajstić information content (AvgIpc) is 2.99. The van der Waals surface area contributed by atoms with Gasteiger partial charge in [0.25, 0.3) is 0 Å². The Hall–Kier alpha value is -2.97. The number of carboxylic acids is 1. The minimum absolute atomic E-state index is 0.0151. The molecule has 0 radical (unpaired) electrons. The lowest BCUT2D eigenvalue weighted by Crippen LogP contribution is -2.11. The summed E-state index contributed by atoms with van der Waals surface area (Å²) in [4.78, 5) is 21.6. The van der Waals surface area contributed by atoms with E-state index in [1.54, 1.807) is 0 Å². The van der Waals surface area contributed by atoms with Gasteiger partial charge in [0.15, 0.2) is 11.5 Å². The Labute approximate surface area is 133 Å². The fourth-order valence-electron chi connectivity index (χ4n) is 1.68. The Morgan fingerprint density at radius 1 is 1.04 bits per heavy atom. The van der Waals surface area contributed by atoms with Gasteiger partial charge in [-0.1, -0.05) is 0 Å². The fraction of sp³-hybridized carbons (Fsp3) is 0.200. The van der Waals surface area contributed by atoms with Crippen LogP contribution in [0, 0.1) is 0 Å². The summed E-state index contributed by atoms with van der Waals surface area (Å²) in [6, 6.07) is 5.29. The van der Waals surface area contributed by atoms with Crippen molar-refractivity contribution in [3.05, 3.63) is 47.9 Å². The highest BCUT2D eigenvalue weighted by molar-refractivity contribution is 6.39. The highest BCUT2D eigenvalue weighted by Gasteiger charge is 2.30. The zero-order chi connectivity index (χ0) is 17.7. The molecule has 0 bridgehead atoms. The van der Waals surface area contributed by atoms with E-state index in [4.69, 9.17) is 19.0 Å². The molecule has 1 aromatic carbocycles. The molecule has 0 amide bonds. The fourth-order valence-corrected chi connectivity index (χ4v) is 1.68. The van der Waals surface area contributed by atoms with Crippen LogP contribution in [-0.2, 0) is 11.0 Å². The molecule has 0 aliphatic carbocycles. The normalized spacial score (nSPS) is 11.1. The van der Waals surface area contributed by atoms with Crippen LogP contribution in [0.5, 0.6) is 11.5 Å². The van der Waals surface area contributed by atoms with E-state index in [-0.39, 0.29) is 30.5 Å². The smallest absolute Gasteiger partial charge is 0.416 e. The van der Waals surface area contributed by atoms with Crippen molar-refractivity contribution in [3.63, 3.8) is 0 Å². The van der Waals surface area contributed by atoms with Gasteiger partial charge in [-0.05, 0) is 24.3 Å². The number of rotatable bonds is 7. The van der Waals surface area contributed by atoms with Gasteiger partial charge in [-0.2, -0.15) is 13.2 Å². The first kappa shape index (κ1) is 17.4. The molecule has 128 valence electrons. The van der Waals surface area contributed by atoms with Crippen LogP contribution >= 0.6 is 0 Å². The van der Waals surface area contributed by atoms with Gasteiger partial charge in [0.05, 0.1) is 5.56 Å². The van der Waals surface area contributed by atoms with Gasteiger partial charge in [-0.15, -0.1) is 0 Å². The van der Waals surface area contributed by atoms with Crippen molar-refractivity contribution in [2.24, 2.45) is 0 Å². The van der Waals surface area contributed by atoms with Crippen molar-refractivity contribution in [3.8, 4) is 11.5 Å². The number of hydrogen-bond acceptors (Lipinski definition) is 5. The zero-order valence-corrected chi connectivity index (χ0v) is 12.0. The van der Waals surface area contributed by atoms with Crippen LogP contribution in [0.2, 0.25) is 0 Å². The van der Waals surface area contributed by atoms with E-state index in [1.807, 2.05) is 0 Å². The molecular formula is C15H11F3O6. The Kier molecular flexibility index (Phi) is 5.12. The summed E-state index contributed by atoms with van der Waals surface area (Å²) in [7, 11) is 0. The summed E-state index contributed by atoms with van der Waals surface area (Å²) >= 11 is 0. The minimum atomic E-state index is -4.41. The maximum absolute atomic E-state index is 12.4. The number of hydrogen-bond donors (Lipinski definition) is 1. The number of carbonyl (C=O) groups excluding carboxylic acids is 1. The highest BCUT2D eigenvalue weighted by atomic mass is 19.4. The number of ketones is 1. The molecule has 1 heterocycles. The lowest BCUT2D eigenvalue weighted by Gasteiger charge is -2.09. The van der Waals surface area contributed by atoms with Crippen LogP contribution in [0.3, 0.4) is 0 Å². The maximum atomic E-state index is 12.4. The quantitative estimate of drug-likeness (QED) is 0.472. The van der Waals surface area contributed by atoms with Crippen LogP contribution < -0.4 is 9.47 Å². The van der Waals surface area contributed by atoms with Crippen LogP contribution in [0.15, 0.2) is 41.0 Å². The van der Waals surface area contributed by atoms with E-state index in [0.29, 0.717) is 0 Å². The predicted octanol–water partition coefficient (Wildman–Crippen LogP) is 3.02. The second kappa shape index (κ2) is 7.07. The van der Waals surface area contributed by atoms with E-state index < -0.39 is 23.5 Å². The predicted molar refractivity (Wildman–Crippen MR) is 73.1 cm³/mol. The number of benzene rings is 1. The van der Waals surface area contributed by atoms with Crippen molar-refractivity contribution in [1.82, 2.24) is 0 Å². The molecule has 1 N–H and O–H groups in total. The van der Waals surface area contributed by atoms with Crippen molar-refractivity contribution in [1.29, 1.82) is 0 Å². The molecule has 0 aliphatic rings. The lowest BCUT2D eigenvalue weighted by molar-refractivity contribution is -0.137. The monoisotopic (exact) mass is 344 g/mol. The summed E-state index contributed by atoms with van der Waals surface area (Å²) in [5.74, 6) is -2.86. The zero-order valence-electron chi connectivity index (χ0n) is 12.0. The Bertz CT molecular complexity index is 718. The third kappa shape index (κ3) is 4.51. The third-order valence-corrected chi connectivity index (χ3v) is 2.80. The number of alkyl halides is 3. The third-order valence-electron chi connectivity index (χ3n) is 2.80. The average molecular weight is 344 g/mol. The SMILES string of the molecule is O=C(O)C(=O)c1cc(OCCOc2ccc(C(F)(F)F)cc2)co1. The molecule has 2 aromatic rings. The second-order valence-corrected chi connectivity index (χ2v) is 4.50. The first-order chi connectivity index (χ1) is 11.3. The number of Topliss-reactive ketones (excluding diaryl/α,β-unsaturated/α-hetero) is 1. The van der Waals surface area contributed by atoms with Gasteiger partial charge in [0.1, 0.15) is 25.2 Å². The minimum Gasteiger partial charge on any atom is -0.490 e. The van der Waals surface area contributed by atoms with E-state index in [0.717, 1.165) is 24.5 Å². The van der Waals surface area contributed by atoms with Crippen molar-refractivity contribution in [2.45, 2.75) is 6.18 Å². The molecule has 2 rings (SSSR count). The summed E-state index contributed by atoms with van der Waals surface area (Å²) in [6.45, 7) is 0.0417. The number of aliphatic carboxylic acids is 1. The van der Waals surface area contributed by atoms with Crippen molar-refractivity contribution < 1.29 is 41.8 Å². The van der Waals surface area contributed by atoms with Crippen molar-refractivity contribution >= 4 is 11.8 Å².